The smallest absolute Gasteiger partial charge is 0.221 e. The molecule has 0 fully saturated rings. The summed E-state index contributed by atoms with van der Waals surface area (Å²) in [6, 6.07) is 5.75. The van der Waals surface area contributed by atoms with Crippen molar-refractivity contribution in [2.45, 2.75) is 20.4 Å². The number of nitrogens with zero attached hydrogens (tertiary/aromatic N) is 1. The Kier molecular flexibility index (Phi) is 4.39. The molecule has 100 valence electrons. The molecule has 19 heavy (non-hydrogen) atoms. The molecule has 2 N–H and O–H groups in total. The van der Waals surface area contributed by atoms with Gasteiger partial charge in [-0.05, 0) is 30.7 Å². The zero-order chi connectivity index (χ0) is 13.8. The van der Waals surface area contributed by atoms with E-state index in [-0.39, 0.29) is 5.91 Å². The van der Waals surface area contributed by atoms with Crippen LogP contribution in [0.5, 0.6) is 0 Å². The van der Waals surface area contributed by atoms with E-state index in [4.69, 9.17) is 11.6 Å². The summed E-state index contributed by atoms with van der Waals surface area (Å²) < 4.78 is 0.550. The van der Waals surface area contributed by atoms with Gasteiger partial charge in [-0.3, -0.25) is 4.79 Å². The molecule has 0 aliphatic rings. The topological polar surface area (TPSA) is 54.0 Å². The van der Waals surface area contributed by atoms with Gasteiger partial charge in [0.2, 0.25) is 5.91 Å². The van der Waals surface area contributed by atoms with E-state index in [2.05, 4.69) is 15.6 Å². The molecule has 0 saturated heterocycles. The molecule has 1 aromatic carbocycles. The van der Waals surface area contributed by atoms with Crippen LogP contribution in [0.25, 0.3) is 0 Å². The van der Waals surface area contributed by atoms with Crippen LogP contribution < -0.4 is 10.6 Å². The summed E-state index contributed by atoms with van der Waals surface area (Å²) >= 11 is 7.24. The molecular weight excluding hydrogens is 282 g/mol. The van der Waals surface area contributed by atoms with Gasteiger partial charge in [-0.25, -0.2) is 4.98 Å². The Hall–Kier alpha value is -1.59. The molecule has 0 bridgehead atoms. The highest BCUT2D eigenvalue weighted by Gasteiger charge is 2.03. The summed E-state index contributed by atoms with van der Waals surface area (Å²) in [7, 11) is 0. The van der Waals surface area contributed by atoms with Crippen molar-refractivity contribution in [3.63, 3.8) is 0 Å². The molecular formula is C13H14ClN3OS. The number of carbonyl (C=O) groups excluding carboxylic acids is 1. The fourth-order valence-corrected chi connectivity index (χ4v) is 2.61. The zero-order valence-corrected chi connectivity index (χ0v) is 12.2. The molecule has 0 aliphatic carbocycles. The molecule has 2 rings (SSSR count). The van der Waals surface area contributed by atoms with Crippen molar-refractivity contribution in [1.82, 2.24) is 4.98 Å². The van der Waals surface area contributed by atoms with Gasteiger partial charge in [0, 0.05) is 29.4 Å². The van der Waals surface area contributed by atoms with E-state index < -0.39 is 0 Å². The van der Waals surface area contributed by atoms with E-state index in [1.54, 1.807) is 6.20 Å². The van der Waals surface area contributed by atoms with Gasteiger partial charge in [-0.15, -0.1) is 11.3 Å². The largest absolute Gasteiger partial charge is 0.380 e. The second-order valence-corrected chi connectivity index (χ2v) is 5.84. The van der Waals surface area contributed by atoms with E-state index in [1.807, 2.05) is 25.1 Å². The van der Waals surface area contributed by atoms with Gasteiger partial charge < -0.3 is 10.6 Å². The van der Waals surface area contributed by atoms with Crippen LogP contribution in [-0.4, -0.2) is 10.9 Å². The number of nitrogens with one attached hydrogen (secondary N) is 2. The molecule has 0 atom stereocenters. The normalized spacial score (nSPS) is 10.3. The molecule has 6 heteroatoms. The Morgan fingerprint density at radius 2 is 2.26 bits per heavy atom. The van der Waals surface area contributed by atoms with Crippen LogP contribution in [0.15, 0.2) is 24.4 Å². The number of halogens is 1. The summed E-state index contributed by atoms with van der Waals surface area (Å²) in [4.78, 5) is 16.1. The second kappa shape index (κ2) is 6.04. The fraction of sp³-hybridized carbons (Fsp3) is 0.231. The number of hydrogen-bond acceptors (Lipinski definition) is 4. The number of hydrogen-bond donors (Lipinski definition) is 2. The predicted octanol–water partition coefficient (Wildman–Crippen LogP) is 3.68. The minimum Gasteiger partial charge on any atom is -0.380 e. The fourth-order valence-electron chi connectivity index (χ4n) is 1.69. The Morgan fingerprint density at radius 1 is 1.47 bits per heavy atom. The summed E-state index contributed by atoms with van der Waals surface area (Å²) in [6.45, 7) is 4.17. The summed E-state index contributed by atoms with van der Waals surface area (Å²) in [5.74, 6) is -0.0700. The lowest BCUT2D eigenvalue weighted by Gasteiger charge is -2.10. The van der Waals surface area contributed by atoms with Crippen LogP contribution in [-0.2, 0) is 11.3 Å². The van der Waals surface area contributed by atoms with Gasteiger partial charge in [-0.2, -0.15) is 0 Å². The highest BCUT2D eigenvalue weighted by atomic mass is 35.5. The highest BCUT2D eigenvalue weighted by molar-refractivity contribution is 7.15. The van der Waals surface area contributed by atoms with Gasteiger partial charge in [0.05, 0.1) is 6.54 Å². The van der Waals surface area contributed by atoms with Gasteiger partial charge in [-0.1, -0.05) is 11.6 Å². The monoisotopic (exact) mass is 295 g/mol. The summed E-state index contributed by atoms with van der Waals surface area (Å²) in [6.07, 6.45) is 1.76. The minimum atomic E-state index is -0.0700. The molecule has 4 nitrogen and oxygen atoms in total. The van der Waals surface area contributed by atoms with E-state index in [1.165, 1.54) is 18.3 Å². The molecule has 1 amide bonds. The SMILES string of the molecule is CC(=O)Nc1ccc(NCc2cnc(Cl)s2)c(C)c1. The molecule has 0 saturated carbocycles. The number of rotatable bonds is 4. The lowest BCUT2D eigenvalue weighted by molar-refractivity contribution is -0.114. The maximum absolute atomic E-state index is 11.0. The van der Waals surface area contributed by atoms with E-state index in [0.717, 1.165) is 21.8 Å². The number of thiazole rings is 1. The lowest BCUT2D eigenvalue weighted by Crippen LogP contribution is -2.06. The van der Waals surface area contributed by atoms with Crippen LogP contribution in [0, 0.1) is 6.92 Å². The zero-order valence-electron chi connectivity index (χ0n) is 10.7. The van der Waals surface area contributed by atoms with Crippen LogP contribution in [0.4, 0.5) is 11.4 Å². The molecule has 0 unspecified atom stereocenters. The van der Waals surface area contributed by atoms with Crippen LogP contribution in [0.3, 0.4) is 0 Å². The van der Waals surface area contributed by atoms with Crippen molar-refractivity contribution in [3.8, 4) is 0 Å². The summed E-state index contributed by atoms with van der Waals surface area (Å²) in [5, 5.41) is 6.08. The first kappa shape index (κ1) is 13.8. The maximum Gasteiger partial charge on any atom is 0.221 e. The molecule has 1 heterocycles. The van der Waals surface area contributed by atoms with Crippen molar-refractivity contribution in [2.75, 3.05) is 10.6 Å². The summed E-state index contributed by atoms with van der Waals surface area (Å²) in [5.41, 5.74) is 2.90. The standard InChI is InChI=1S/C13H14ClN3OS/c1-8-5-10(17-9(2)18)3-4-12(8)15-6-11-7-16-13(14)19-11/h3-5,7,15H,6H2,1-2H3,(H,17,18). The maximum atomic E-state index is 11.0. The molecule has 0 spiro atoms. The van der Waals surface area contributed by atoms with E-state index in [0.29, 0.717) is 11.0 Å². The quantitative estimate of drug-likeness (QED) is 0.905. The van der Waals surface area contributed by atoms with Crippen molar-refractivity contribution >= 4 is 40.2 Å². The molecule has 0 radical (unpaired) electrons. The van der Waals surface area contributed by atoms with E-state index in [9.17, 15) is 4.79 Å². The van der Waals surface area contributed by atoms with Crippen LogP contribution in [0.2, 0.25) is 4.47 Å². The third-order valence-electron chi connectivity index (χ3n) is 2.53. The number of anilines is 2. The van der Waals surface area contributed by atoms with Crippen molar-refractivity contribution in [1.29, 1.82) is 0 Å². The Balaban J connectivity index is 2.02. The average molecular weight is 296 g/mol. The van der Waals surface area contributed by atoms with Gasteiger partial charge in [0.1, 0.15) is 0 Å². The average Bonchev–Trinajstić information content (AvgIpc) is 2.73. The minimum absolute atomic E-state index is 0.0700. The Bertz CT molecular complexity index is 597. The second-order valence-electron chi connectivity index (χ2n) is 4.14. The van der Waals surface area contributed by atoms with Crippen LogP contribution >= 0.6 is 22.9 Å². The number of aryl methyl sites for hydroxylation is 1. The Morgan fingerprint density at radius 3 is 2.84 bits per heavy atom. The number of benzene rings is 1. The number of amides is 1. The third-order valence-corrected chi connectivity index (χ3v) is 3.64. The van der Waals surface area contributed by atoms with Gasteiger partial charge in [0.15, 0.2) is 4.47 Å². The molecule has 2 aromatic rings. The van der Waals surface area contributed by atoms with Crippen molar-refractivity contribution in [2.24, 2.45) is 0 Å². The number of carbonyl (C=O) groups is 1. The number of aromatic nitrogens is 1. The first-order valence-corrected chi connectivity index (χ1v) is 6.96. The van der Waals surface area contributed by atoms with Gasteiger partial charge >= 0.3 is 0 Å². The van der Waals surface area contributed by atoms with E-state index >= 15 is 0 Å². The Labute approximate surface area is 120 Å². The van der Waals surface area contributed by atoms with Gasteiger partial charge in [0.25, 0.3) is 0 Å². The first-order chi connectivity index (χ1) is 9.04. The first-order valence-electron chi connectivity index (χ1n) is 5.77. The highest BCUT2D eigenvalue weighted by Crippen LogP contribution is 2.22. The lowest BCUT2D eigenvalue weighted by atomic mass is 10.1. The van der Waals surface area contributed by atoms with Crippen LogP contribution in [0.1, 0.15) is 17.4 Å². The van der Waals surface area contributed by atoms with Crippen molar-refractivity contribution in [3.05, 3.63) is 39.3 Å². The molecule has 0 aliphatic heterocycles. The predicted molar refractivity (Wildman–Crippen MR) is 79.9 cm³/mol. The molecule has 1 aromatic heterocycles. The van der Waals surface area contributed by atoms with Crippen molar-refractivity contribution < 1.29 is 4.79 Å². The third kappa shape index (κ3) is 3.94.